The fourth-order valence-corrected chi connectivity index (χ4v) is 5.60. The summed E-state index contributed by atoms with van der Waals surface area (Å²) in [5, 5.41) is 0. The molecule has 3 aromatic carbocycles. The number of hydrogen-bond donors (Lipinski definition) is 0. The molecule has 2 aliphatic heterocycles. The number of rotatable bonds is 2. The molecule has 6 rings (SSSR count). The third-order valence-corrected chi connectivity index (χ3v) is 7.31. The normalized spacial score (nSPS) is 24.8. The third-order valence-electron chi connectivity index (χ3n) is 6.78. The van der Waals surface area contributed by atoms with E-state index in [2.05, 4.69) is 15.9 Å². The predicted molar refractivity (Wildman–Crippen MR) is 122 cm³/mol. The van der Waals surface area contributed by atoms with Gasteiger partial charge in [-0.15, -0.1) is 0 Å². The number of imide groups is 1. The molecule has 0 aromatic heterocycles. The summed E-state index contributed by atoms with van der Waals surface area (Å²) in [5.74, 6) is -5.78. The van der Waals surface area contributed by atoms with Crippen molar-refractivity contribution >= 4 is 45.0 Å². The van der Waals surface area contributed by atoms with E-state index < -0.39 is 52.7 Å². The molecule has 0 radical (unpaired) electrons. The van der Waals surface area contributed by atoms with Crippen molar-refractivity contribution in [2.75, 3.05) is 4.90 Å². The minimum absolute atomic E-state index is 0.0458. The van der Waals surface area contributed by atoms with Gasteiger partial charge in [0.15, 0.2) is 0 Å². The second kappa shape index (κ2) is 7.25. The highest BCUT2D eigenvalue weighted by Gasteiger charge is 2.74. The molecule has 0 N–H and O–H groups in total. The molecule has 6 nitrogen and oxygen atoms in total. The van der Waals surface area contributed by atoms with Gasteiger partial charge < -0.3 is 4.74 Å². The Kier molecular flexibility index (Phi) is 4.49. The van der Waals surface area contributed by atoms with Crippen LogP contribution in [-0.2, 0) is 14.3 Å². The number of anilines is 1. The molecular weight excluding hydrogens is 505 g/mol. The van der Waals surface area contributed by atoms with Gasteiger partial charge in [-0.3, -0.25) is 19.2 Å². The van der Waals surface area contributed by atoms with Gasteiger partial charge in [0.05, 0.1) is 23.6 Å². The highest BCUT2D eigenvalue weighted by molar-refractivity contribution is 9.10. The Balaban J connectivity index is 1.55. The van der Waals surface area contributed by atoms with Crippen LogP contribution in [0.25, 0.3) is 0 Å². The maximum absolute atomic E-state index is 14.0. The van der Waals surface area contributed by atoms with E-state index in [9.17, 15) is 23.6 Å². The van der Waals surface area contributed by atoms with Gasteiger partial charge in [0.1, 0.15) is 5.82 Å². The number of ether oxygens (including phenoxy) is 1. The van der Waals surface area contributed by atoms with Crippen LogP contribution >= 0.6 is 15.9 Å². The van der Waals surface area contributed by atoms with Crippen LogP contribution in [0, 0.1) is 17.7 Å². The Labute approximate surface area is 201 Å². The first-order chi connectivity index (χ1) is 16.3. The van der Waals surface area contributed by atoms with Gasteiger partial charge in [-0.25, -0.2) is 9.29 Å². The molecule has 8 heteroatoms. The van der Waals surface area contributed by atoms with Crippen molar-refractivity contribution in [1.82, 2.24) is 0 Å². The number of carbonyl (C=O) groups excluding carboxylic acids is 4. The van der Waals surface area contributed by atoms with E-state index in [-0.39, 0.29) is 16.8 Å². The first-order valence-electron chi connectivity index (χ1n) is 10.6. The van der Waals surface area contributed by atoms with Gasteiger partial charge in [0.25, 0.3) is 0 Å². The Morgan fingerprint density at radius 2 is 1.47 bits per heavy atom. The van der Waals surface area contributed by atoms with E-state index in [1.54, 1.807) is 36.4 Å². The second-order valence-corrected chi connectivity index (χ2v) is 9.44. The van der Waals surface area contributed by atoms with E-state index in [0.717, 1.165) is 15.4 Å². The predicted octanol–water partition coefficient (Wildman–Crippen LogP) is 4.28. The van der Waals surface area contributed by atoms with E-state index in [1.807, 2.05) is 0 Å². The number of carbonyl (C=O) groups is 4. The van der Waals surface area contributed by atoms with Crippen LogP contribution in [0.15, 0.2) is 77.3 Å². The number of hydrogen-bond acceptors (Lipinski definition) is 5. The monoisotopic (exact) mass is 519 g/mol. The zero-order chi connectivity index (χ0) is 23.8. The average Bonchev–Trinajstić information content (AvgIpc) is 3.40. The number of halogens is 2. The molecule has 1 spiro atoms. The SMILES string of the molecule is O=C1[C@H]2[C@@H](C(=O)N1c1cccc(F)c1)C1(O[C@H]2c2ccc(Br)cc2)C(=O)c2ccccc2C1=O. The van der Waals surface area contributed by atoms with Gasteiger partial charge in [0, 0.05) is 15.6 Å². The Bertz CT molecular complexity index is 1380. The summed E-state index contributed by atoms with van der Waals surface area (Å²) in [6.45, 7) is 0. The van der Waals surface area contributed by atoms with Crippen molar-refractivity contribution in [3.63, 3.8) is 0 Å². The second-order valence-electron chi connectivity index (χ2n) is 8.52. The minimum atomic E-state index is -2.15. The lowest BCUT2D eigenvalue weighted by Gasteiger charge is -2.27. The minimum Gasteiger partial charge on any atom is -0.349 e. The van der Waals surface area contributed by atoms with Gasteiger partial charge in [-0.05, 0) is 35.9 Å². The zero-order valence-corrected chi connectivity index (χ0v) is 19.0. The summed E-state index contributed by atoms with van der Waals surface area (Å²) in [5.41, 5.74) is -1.24. The van der Waals surface area contributed by atoms with Gasteiger partial charge >= 0.3 is 0 Å². The standard InChI is InChI=1S/C26H15BrFNO5/c27-14-10-8-13(9-11-14)21-19-20(25(33)29(24(19)32)16-5-3-4-15(28)12-16)26(34-21)22(30)17-6-1-2-7-18(17)23(26)31/h1-12,19-21H/t19-,20-,21-/m0/s1. The molecule has 2 fully saturated rings. The highest BCUT2D eigenvalue weighted by Crippen LogP contribution is 2.57. The molecule has 3 aromatic rings. The largest absolute Gasteiger partial charge is 0.349 e. The molecule has 0 saturated carbocycles. The lowest BCUT2D eigenvalue weighted by molar-refractivity contribution is -0.127. The summed E-state index contributed by atoms with van der Waals surface area (Å²) in [6.07, 6.45) is -1.02. The van der Waals surface area contributed by atoms with Gasteiger partial charge in [-0.1, -0.05) is 58.4 Å². The van der Waals surface area contributed by atoms with Crippen LogP contribution < -0.4 is 4.90 Å². The summed E-state index contributed by atoms with van der Waals surface area (Å²) < 4.78 is 20.9. The molecule has 2 saturated heterocycles. The number of ketones is 2. The van der Waals surface area contributed by atoms with Crippen molar-refractivity contribution in [3.05, 3.63) is 99.8 Å². The molecule has 2 amide bonds. The molecule has 1 aliphatic carbocycles. The fourth-order valence-electron chi connectivity index (χ4n) is 5.34. The number of nitrogens with zero attached hydrogens (tertiary/aromatic N) is 1. The lowest BCUT2D eigenvalue weighted by atomic mass is 9.77. The fraction of sp³-hybridized carbons (Fsp3) is 0.154. The molecule has 0 bridgehead atoms. The maximum atomic E-state index is 14.0. The van der Waals surface area contributed by atoms with Crippen LogP contribution in [-0.4, -0.2) is 29.0 Å². The molecule has 0 unspecified atom stereocenters. The molecular formula is C26H15BrFNO5. The average molecular weight is 520 g/mol. The summed E-state index contributed by atoms with van der Waals surface area (Å²) >= 11 is 3.36. The van der Waals surface area contributed by atoms with Crippen LogP contribution in [0.1, 0.15) is 32.4 Å². The highest BCUT2D eigenvalue weighted by atomic mass is 79.9. The smallest absolute Gasteiger partial charge is 0.241 e. The van der Waals surface area contributed by atoms with E-state index in [1.165, 1.54) is 30.3 Å². The molecule has 34 heavy (non-hydrogen) atoms. The molecule has 168 valence electrons. The van der Waals surface area contributed by atoms with Crippen molar-refractivity contribution < 1.29 is 28.3 Å². The first kappa shape index (κ1) is 21.1. The van der Waals surface area contributed by atoms with Crippen molar-refractivity contribution in [2.24, 2.45) is 11.8 Å². The van der Waals surface area contributed by atoms with Crippen molar-refractivity contribution in [3.8, 4) is 0 Å². The van der Waals surface area contributed by atoms with Gasteiger partial charge in [0.2, 0.25) is 29.0 Å². The summed E-state index contributed by atoms with van der Waals surface area (Å²) in [4.78, 5) is 55.6. The number of Topliss-reactive ketones (excluding diaryl/α,β-unsaturated/α-hetero) is 2. The summed E-state index contributed by atoms with van der Waals surface area (Å²) in [7, 11) is 0. The number of fused-ring (bicyclic) bond motifs is 3. The van der Waals surface area contributed by atoms with E-state index in [4.69, 9.17) is 4.74 Å². The summed E-state index contributed by atoms with van der Waals surface area (Å²) in [6, 6.07) is 18.3. The van der Waals surface area contributed by atoms with Crippen molar-refractivity contribution in [2.45, 2.75) is 11.7 Å². The topological polar surface area (TPSA) is 80.8 Å². The molecule has 2 heterocycles. The molecule has 3 aliphatic rings. The zero-order valence-electron chi connectivity index (χ0n) is 17.4. The Morgan fingerprint density at radius 1 is 0.824 bits per heavy atom. The van der Waals surface area contributed by atoms with Crippen LogP contribution in [0.2, 0.25) is 0 Å². The van der Waals surface area contributed by atoms with Crippen LogP contribution in [0.4, 0.5) is 10.1 Å². The quantitative estimate of drug-likeness (QED) is 0.372. The number of benzene rings is 3. The van der Waals surface area contributed by atoms with Crippen molar-refractivity contribution in [1.29, 1.82) is 0 Å². The van der Waals surface area contributed by atoms with E-state index in [0.29, 0.717) is 5.56 Å². The lowest BCUT2D eigenvalue weighted by Crippen LogP contribution is -2.51. The van der Waals surface area contributed by atoms with Crippen LogP contribution in [0.3, 0.4) is 0 Å². The Morgan fingerprint density at radius 3 is 2.09 bits per heavy atom. The Hall–Kier alpha value is -3.49. The van der Waals surface area contributed by atoms with Gasteiger partial charge in [-0.2, -0.15) is 0 Å². The third kappa shape index (κ3) is 2.63. The first-order valence-corrected chi connectivity index (χ1v) is 11.4. The maximum Gasteiger partial charge on any atom is 0.241 e. The van der Waals surface area contributed by atoms with Crippen LogP contribution in [0.5, 0.6) is 0 Å². The molecule has 3 atom stereocenters. The number of amides is 2. The van der Waals surface area contributed by atoms with E-state index >= 15 is 0 Å².